The fourth-order valence-electron chi connectivity index (χ4n) is 1.61. The minimum Gasteiger partial charge on any atom is -0.462 e. The summed E-state index contributed by atoms with van der Waals surface area (Å²) in [5.74, 6) is -1.46. The molecule has 0 aromatic heterocycles. The Morgan fingerprint density at radius 1 is 1.43 bits per heavy atom. The third-order valence-corrected chi connectivity index (χ3v) is 3.99. The zero-order valence-corrected chi connectivity index (χ0v) is 13.3. The van der Waals surface area contributed by atoms with Gasteiger partial charge in [-0.05, 0) is 30.9 Å². The van der Waals surface area contributed by atoms with Crippen molar-refractivity contribution in [2.75, 3.05) is 6.61 Å². The van der Waals surface area contributed by atoms with Crippen LogP contribution in [-0.4, -0.2) is 21.0 Å². The highest BCUT2D eigenvalue weighted by molar-refractivity contribution is 7.89. The SMILES string of the molecule is CC(C)CCCOC(=O)c1cc(S(N)(=O)=O)cc(F)c1Cl. The molecule has 0 unspecified atom stereocenters. The molecule has 0 aliphatic rings. The van der Waals surface area contributed by atoms with Crippen molar-refractivity contribution in [2.24, 2.45) is 11.1 Å². The molecule has 1 aromatic carbocycles. The number of carbonyl (C=O) groups excluding carboxylic acids is 1. The minimum atomic E-state index is -4.14. The second-order valence-corrected chi connectivity index (χ2v) is 6.92. The van der Waals surface area contributed by atoms with E-state index in [1.165, 1.54) is 0 Å². The Kier molecular flexibility index (Phi) is 6.12. The van der Waals surface area contributed by atoms with Crippen LogP contribution in [0.1, 0.15) is 37.0 Å². The lowest BCUT2D eigenvalue weighted by molar-refractivity contribution is 0.0494. The zero-order valence-electron chi connectivity index (χ0n) is 11.7. The predicted molar refractivity (Wildman–Crippen MR) is 77.1 cm³/mol. The van der Waals surface area contributed by atoms with E-state index in [2.05, 4.69) is 0 Å². The molecule has 1 rings (SSSR count). The van der Waals surface area contributed by atoms with E-state index in [4.69, 9.17) is 21.5 Å². The van der Waals surface area contributed by atoms with Gasteiger partial charge in [-0.25, -0.2) is 22.7 Å². The molecule has 8 heteroatoms. The van der Waals surface area contributed by atoms with E-state index < -0.39 is 31.7 Å². The van der Waals surface area contributed by atoms with Gasteiger partial charge >= 0.3 is 5.97 Å². The van der Waals surface area contributed by atoms with Crippen molar-refractivity contribution in [1.82, 2.24) is 0 Å². The second kappa shape index (κ2) is 7.20. The number of primary sulfonamides is 1. The third kappa shape index (κ3) is 5.26. The highest BCUT2D eigenvalue weighted by atomic mass is 35.5. The average molecular weight is 338 g/mol. The first-order chi connectivity index (χ1) is 9.62. The van der Waals surface area contributed by atoms with E-state index in [0.29, 0.717) is 18.4 Å². The Morgan fingerprint density at radius 3 is 2.57 bits per heavy atom. The number of halogens is 2. The van der Waals surface area contributed by atoms with Crippen molar-refractivity contribution in [1.29, 1.82) is 0 Å². The summed E-state index contributed by atoms with van der Waals surface area (Å²) in [6.07, 6.45) is 1.52. The van der Waals surface area contributed by atoms with Crippen LogP contribution in [0.5, 0.6) is 0 Å². The summed E-state index contributed by atoms with van der Waals surface area (Å²) in [6.45, 7) is 4.21. The van der Waals surface area contributed by atoms with Gasteiger partial charge in [-0.2, -0.15) is 0 Å². The third-order valence-electron chi connectivity index (χ3n) is 2.71. The van der Waals surface area contributed by atoms with E-state index in [-0.39, 0.29) is 12.2 Å². The van der Waals surface area contributed by atoms with Crippen LogP contribution < -0.4 is 5.14 Å². The van der Waals surface area contributed by atoms with Crippen LogP contribution in [-0.2, 0) is 14.8 Å². The summed E-state index contributed by atoms with van der Waals surface area (Å²) in [4.78, 5) is 11.3. The van der Waals surface area contributed by atoms with Crippen molar-refractivity contribution in [3.63, 3.8) is 0 Å². The molecule has 0 aliphatic heterocycles. The molecule has 21 heavy (non-hydrogen) atoms. The summed E-state index contributed by atoms with van der Waals surface area (Å²) < 4.78 is 41.0. The van der Waals surface area contributed by atoms with E-state index in [1.807, 2.05) is 13.8 Å². The molecule has 0 heterocycles. The molecular weight excluding hydrogens is 321 g/mol. The fraction of sp³-hybridized carbons (Fsp3) is 0.462. The van der Waals surface area contributed by atoms with E-state index in [9.17, 15) is 17.6 Å². The Morgan fingerprint density at radius 2 is 2.05 bits per heavy atom. The second-order valence-electron chi connectivity index (χ2n) is 4.98. The molecule has 0 bridgehead atoms. The van der Waals surface area contributed by atoms with Gasteiger partial charge in [0.2, 0.25) is 10.0 Å². The fourth-order valence-corrected chi connectivity index (χ4v) is 2.35. The molecule has 1 aromatic rings. The Bertz CT molecular complexity index is 631. The Hall–Kier alpha value is -1.18. The molecular formula is C13H17ClFNO4S. The minimum absolute atomic E-state index is 0.147. The number of ether oxygens (including phenoxy) is 1. The lowest BCUT2D eigenvalue weighted by Crippen LogP contribution is -2.15. The molecule has 5 nitrogen and oxygen atoms in total. The lowest BCUT2D eigenvalue weighted by Gasteiger charge is -2.09. The monoisotopic (exact) mass is 337 g/mol. The normalized spacial score (nSPS) is 11.7. The molecule has 0 radical (unpaired) electrons. The van der Waals surface area contributed by atoms with Gasteiger partial charge in [-0.1, -0.05) is 25.4 Å². The van der Waals surface area contributed by atoms with E-state index in [0.717, 1.165) is 12.5 Å². The van der Waals surface area contributed by atoms with Crippen molar-refractivity contribution in [2.45, 2.75) is 31.6 Å². The number of benzene rings is 1. The zero-order chi connectivity index (χ0) is 16.2. The molecule has 0 atom stereocenters. The number of carbonyl (C=O) groups is 1. The Balaban J connectivity index is 2.91. The number of sulfonamides is 1. The molecule has 0 fully saturated rings. The van der Waals surface area contributed by atoms with E-state index >= 15 is 0 Å². The van der Waals surface area contributed by atoms with Gasteiger partial charge in [-0.15, -0.1) is 0 Å². The molecule has 0 aliphatic carbocycles. The lowest BCUT2D eigenvalue weighted by atomic mass is 10.1. The number of hydrogen-bond acceptors (Lipinski definition) is 4. The van der Waals surface area contributed by atoms with Crippen LogP contribution in [0.2, 0.25) is 5.02 Å². The molecule has 0 amide bonds. The van der Waals surface area contributed by atoms with Crippen molar-refractivity contribution < 1.29 is 22.3 Å². The molecule has 0 saturated carbocycles. The quantitative estimate of drug-likeness (QED) is 0.638. The van der Waals surface area contributed by atoms with Gasteiger partial charge in [0.1, 0.15) is 5.82 Å². The first-order valence-electron chi connectivity index (χ1n) is 6.32. The molecule has 0 spiro atoms. The molecule has 0 saturated heterocycles. The largest absolute Gasteiger partial charge is 0.462 e. The summed E-state index contributed by atoms with van der Waals surface area (Å²) in [6, 6.07) is 1.57. The molecule has 118 valence electrons. The van der Waals surface area contributed by atoms with Crippen LogP contribution in [0.3, 0.4) is 0 Å². The first-order valence-corrected chi connectivity index (χ1v) is 8.24. The van der Waals surface area contributed by atoms with Gasteiger partial charge in [0.25, 0.3) is 0 Å². The van der Waals surface area contributed by atoms with E-state index in [1.54, 1.807) is 0 Å². The van der Waals surface area contributed by atoms with Crippen LogP contribution in [0, 0.1) is 11.7 Å². The van der Waals surface area contributed by atoms with Crippen LogP contribution in [0.15, 0.2) is 17.0 Å². The standard InChI is InChI=1S/C13H17ClFNO4S/c1-8(2)4-3-5-20-13(17)10-6-9(21(16,18)19)7-11(15)12(10)14/h6-8H,3-5H2,1-2H3,(H2,16,18,19). The van der Waals surface area contributed by atoms with Crippen LogP contribution in [0.25, 0.3) is 0 Å². The van der Waals surface area contributed by atoms with Gasteiger partial charge in [0, 0.05) is 0 Å². The van der Waals surface area contributed by atoms with Crippen LogP contribution in [0.4, 0.5) is 4.39 Å². The summed E-state index contributed by atoms with van der Waals surface area (Å²) in [7, 11) is -4.14. The number of rotatable bonds is 6. The number of hydrogen-bond donors (Lipinski definition) is 1. The summed E-state index contributed by atoms with van der Waals surface area (Å²) in [5.41, 5.74) is -0.356. The van der Waals surface area contributed by atoms with Gasteiger partial charge in [-0.3, -0.25) is 0 Å². The topological polar surface area (TPSA) is 86.5 Å². The summed E-state index contributed by atoms with van der Waals surface area (Å²) >= 11 is 5.66. The maximum Gasteiger partial charge on any atom is 0.339 e. The number of esters is 1. The smallest absolute Gasteiger partial charge is 0.339 e. The number of nitrogens with two attached hydrogens (primary N) is 1. The average Bonchev–Trinajstić information content (AvgIpc) is 2.35. The molecule has 2 N–H and O–H groups in total. The highest BCUT2D eigenvalue weighted by Crippen LogP contribution is 2.24. The maximum absolute atomic E-state index is 13.6. The summed E-state index contributed by atoms with van der Waals surface area (Å²) in [5, 5.41) is 4.42. The van der Waals surface area contributed by atoms with Gasteiger partial charge < -0.3 is 4.74 Å². The van der Waals surface area contributed by atoms with Crippen molar-refractivity contribution in [3.05, 3.63) is 28.5 Å². The highest BCUT2D eigenvalue weighted by Gasteiger charge is 2.20. The van der Waals surface area contributed by atoms with Gasteiger partial charge in [0.15, 0.2) is 0 Å². The van der Waals surface area contributed by atoms with Crippen LogP contribution >= 0.6 is 11.6 Å². The maximum atomic E-state index is 13.6. The predicted octanol–water partition coefficient (Wildman–Crippen LogP) is 2.72. The van der Waals surface area contributed by atoms with Crippen molar-refractivity contribution in [3.8, 4) is 0 Å². The van der Waals surface area contributed by atoms with Crippen molar-refractivity contribution >= 4 is 27.6 Å². The first kappa shape index (κ1) is 17.9. The van der Waals surface area contributed by atoms with Gasteiger partial charge in [0.05, 0.1) is 22.1 Å². The Labute approximate surface area is 128 Å².